The van der Waals surface area contributed by atoms with Gasteiger partial charge >= 0.3 is 0 Å². The van der Waals surface area contributed by atoms with Crippen LogP contribution >= 0.6 is 0 Å². The Balaban J connectivity index is 2.62. The van der Waals surface area contributed by atoms with Gasteiger partial charge in [0, 0.05) is 12.7 Å². The van der Waals surface area contributed by atoms with Crippen molar-refractivity contribution in [3.8, 4) is 0 Å². The van der Waals surface area contributed by atoms with Gasteiger partial charge in [-0.15, -0.1) is 0 Å². The van der Waals surface area contributed by atoms with Gasteiger partial charge in [-0.05, 0) is 18.1 Å². The second-order valence-corrected chi connectivity index (χ2v) is 3.82. The first-order valence-corrected chi connectivity index (χ1v) is 5.22. The van der Waals surface area contributed by atoms with Crippen LogP contribution in [0.3, 0.4) is 0 Å². The van der Waals surface area contributed by atoms with E-state index in [1.807, 2.05) is 6.92 Å². The smallest absolute Gasteiger partial charge is 0.141 e. The number of hydrogen-bond donors (Lipinski definition) is 3. The summed E-state index contributed by atoms with van der Waals surface area (Å²) in [5.74, 6) is -0.394. The first-order valence-electron chi connectivity index (χ1n) is 5.22. The van der Waals surface area contributed by atoms with Crippen molar-refractivity contribution >= 4 is 0 Å². The summed E-state index contributed by atoms with van der Waals surface area (Å²) in [6, 6.07) is 1.37. The molecule has 1 aromatic rings. The zero-order valence-corrected chi connectivity index (χ0v) is 9.28. The Bertz CT molecular complexity index is 321. The Morgan fingerprint density at radius 3 is 2.56 bits per heavy atom. The van der Waals surface area contributed by atoms with Crippen LogP contribution in [0.15, 0.2) is 18.5 Å². The van der Waals surface area contributed by atoms with Crippen molar-refractivity contribution in [3.05, 3.63) is 29.8 Å². The van der Waals surface area contributed by atoms with Gasteiger partial charge in [-0.3, -0.25) is 4.98 Å². The van der Waals surface area contributed by atoms with E-state index in [1.54, 1.807) is 6.20 Å². The topological polar surface area (TPSA) is 65.4 Å². The van der Waals surface area contributed by atoms with Crippen molar-refractivity contribution in [2.45, 2.75) is 25.4 Å². The predicted molar refractivity (Wildman–Crippen MR) is 58.2 cm³/mol. The third kappa shape index (κ3) is 3.23. The molecular formula is C11H17FN2O2. The molecule has 0 aliphatic heterocycles. The summed E-state index contributed by atoms with van der Waals surface area (Å²) in [6.45, 7) is 1.90. The zero-order valence-electron chi connectivity index (χ0n) is 9.28. The van der Waals surface area contributed by atoms with Crippen LogP contribution in [-0.2, 0) is 6.54 Å². The molecule has 0 aliphatic rings. The molecule has 0 amide bonds. The molecule has 0 radical (unpaired) electrons. The number of aliphatic hydroxyl groups is 2. The van der Waals surface area contributed by atoms with E-state index in [-0.39, 0.29) is 13.2 Å². The summed E-state index contributed by atoms with van der Waals surface area (Å²) in [4.78, 5) is 3.72. The van der Waals surface area contributed by atoms with E-state index in [1.165, 1.54) is 6.07 Å². The maximum absolute atomic E-state index is 12.8. The molecule has 0 atom stereocenters. The highest BCUT2D eigenvalue weighted by Gasteiger charge is 2.25. The first kappa shape index (κ1) is 13.0. The predicted octanol–water partition coefficient (Wildman–Crippen LogP) is 0.444. The first-order chi connectivity index (χ1) is 7.65. The van der Waals surface area contributed by atoms with E-state index < -0.39 is 11.4 Å². The van der Waals surface area contributed by atoms with Crippen molar-refractivity contribution in [1.82, 2.24) is 10.3 Å². The maximum atomic E-state index is 12.8. The second-order valence-electron chi connectivity index (χ2n) is 3.82. The lowest BCUT2D eigenvalue weighted by Crippen LogP contribution is -2.50. The van der Waals surface area contributed by atoms with Crippen molar-refractivity contribution in [2.75, 3.05) is 13.2 Å². The number of halogens is 1. The van der Waals surface area contributed by atoms with Gasteiger partial charge in [0.25, 0.3) is 0 Å². The molecular weight excluding hydrogens is 211 g/mol. The molecule has 90 valence electrons. The number of aliphatic hydroxyl groups excluding tert-OH is 2. The molecule has 0 saturated heterocycles. The Labute approximate surface area is 94.1 Å². The van der Waals surface area contributed by atoms with Crippen LogP contribution in [-0.4, -0.2) is 33.9 Å². The van der Waals surface area contributed by atoms with Gasteiger partial charge in [0.05, 0.1) is 24.9 Å². The Kier molecular flexibility index (Phi) is 4.79. The summed E-state index contributed by atoms with van der Waals surface area (Å²) >= 11 is 0. The Hall–Kier alpha value is -1.04. The van der Waals surface area contributed by atoms with Gasteiger partial charge in [0.15, 0.2) is 0 Å². The fourth-order valence-corrected chi connectivity index (χ4v) is 1.35. The molecule has 0 aliphatic carbocycles. The molecule has 0 fully saturated rings. The van der Waals surface area contributed by atoms with Crippen LogP contribution in [0.25, 0.3) is 0 Å². The summed E-state index contributed by atoms with van der Waals surface area (Å²) in [6.07, 6.45) is 3.27. The quantitative estimate of drug-likeness (QED) is 0.661. The second kappa shape index (κ2) is 5.89. The number of rotatable bonds is 6. The number of pyridine rings is 1. The molecule has 4 nitrogen and oxygen atoms in total. The minimum Gasteiger partial charge on any atom is -0.394 e. The summed E-state index contributed by atoms with van der Waals surface area (Å²) in [5.41, 5.74) is -0.0357. The molecule has 1 aromatic heterocycles. The van der Waals surface area contributed by atoms with Crippen LogP contribution in [0.5, 0.6) is 0 Å². The molecule has 0 aromatic carbocycles. The lowest BCUT2D eigenvalue weighted by molar-refractivity contribution is 0.0863. The molecule has 0 saturated carbocycles. The van der Waals surface area contributed by atoms with Crippen molar-refractivity contribution < 1.29 is 14.6 Å². The molecule has 1 heterocycles. The molecule has 0 unspecified atom stereocenters. The third-order valence-corrected chi connectivity index (χ3v) is 2.71. The lowest BCUT2D eigenvalue weighted by atomic mass is 9.98. The van der Waals surface area contributed by atoms with E-state index in [0.717, 1.165) is 6.20 Å². The van der Waals surface area contributed by atoms with Crippen molar-refractivity contribution in [2.24, 2.45) is 0 Å². The van der Waals surface area contributed by atoms with Crippen LogP contribution in [0.4, 0.5) is 4.39 Å². The highest BCUT2D eigenvalue weighted by atomic mass is 19.1. The summed E-state index contributed by atoms with van der Waals surface area (Å²) < 4.78 is 12.8. The molecule has 0 bridgehead atoms. The van der Waals surface area contributed by atoms with Gasteiger partial charge < -0.3 is 15.5 Å². The standard InChI is InChI=1S/C11H17FN2O2/c1-2-11(7-15,8-16)14-5-9-3-10(12)6-13-4-9/h3-4,6,14-16H,2,5,7-8H2,1H3. The summed E-state index contributed by atoms with van der Waals surface area (Å²) in [5, 5.41) is 21.4. The molecule has 3 N–H and O–H groups in total. The molecule has 16 heavy (non-hydrogen) atoms. The largest absolute Gasteiger partial charge is 0.394 e. The number of hydrogen-bond acceptors (Lipinski definition) is 4. The van der Waals surface area contributed by atoms with E-state index in [9.17, 15) is 14.6 Å². The van der Waals surface area contributed by atoms with E-state index >= 15 is 0 Å². The number of nitrogens with one attached hydrogen (secondary N) is 1. The van der Waals surface area contributed by atoms with Crippen molar-refractivity contribution in [3.63, 3.8) is 0 Å². The normalized spacial score (nSPS) is 11.8. The SMILES string of the molecule is CCC(CO)(CO)NCc1cncc(F)c1. The lowest BCUT2D eigenvalue weighted by Gasteiger charge is -2.29. The summed E-state index contributed by atoms with van der Waals surface area (Å²) in [7, 11) is 0. The van der Waals surface area contributed by atoms with Crippen LogP contribution in [0.2, 0.25) is 0 Å². The molecule has 5 heteroatoms. The minimum atomic E-state index is -0.716. The van der Waals surface area contributed by atoms with E-state index in [0.29, 0.717) is 18.5 Å². The molecule has 0 spiro atoms. The Morgan fingerprint density at radius 1 is 1.38 bits per heavy atom. The monoisotopic (exact) mass is 228 g/mol. The van der Waals surface area contributed by atoms with Gasteiger partial charge in [0.1, 0.15) is 5.82 Å². The van der Waals surface area contributed by atoms with Crippen molar-refractivity contribution in [1.29, 1.82) is 0 Å². The minimum absolute atomic E-state index is 0.164. The zero-order chi connectivity index (χ0) is 12.0. The maximum Gasteiger partial charge on any atom is 0.141 e. The van der Waals surface area contributed by atoms with Gasteiger partial charge in [-0.2, -0.15) is 0 Å². The van der Waals surface area contributed by atoms with E-state index in [2.05, 4.69) is 10.3 Å². The van der Waals surface area contributed by atoms with Crippen LogP contribution in [0, 0.1) is 5.82 Å². The average molecular weight is 228 g/mol. The van der Waals surface area contributed by atoms with Gasteiger partial charge in [-0.1, -0.05) is 6.92 Å². The van der Waals surface area contributed by atoms with Gasteiger partial charge in [-0.25, -0.2) is 4.39 Å². The number of aromatic nitrogens is 1. The van der Waals surface area contributed by atoms with Gasteiger partial charge in [0.2, 0.25) is 0 Å². The van der Waals surface area contributed by atoms with Crippen LogP contribution in [0.1, 0.15) is 18.9 Å². The highest BCUT2D eigenvalue weighted by Crippen LogP contribution is 2.10. The Morgan fingerprint density at radius 2 is 2.06 bits per heavy atom. The van der Waals surface area contributed by atoms with E-state index in [4.69, 9.17) is 0 Å². The fraction of sp³-hybridized carbons (Fsp3) is 0.545. The van der Waals surface area contributed by atoms with Crippen LogP contribution < -0.4 is 5.32 Å². The highest BCUT2D eigenvalue weighted by molar-refractivity contribution is 5.10. The molecule has 1 rings (SSSR count). The third-order valence-electron chi connectivity index (χ3n) is 2.71. The number of nitrogens with zero attached hydrogens (tertiary/aromatic N) is 1. The fourth-order valence-electron chi connectivity index (χ4n) is 1.35. The average Bonchev–Trinajstić information content (AvgIpc) is 2.32.